The van der Waals surface area contributed by atoms with Crippen LogP contribution >= 0.6 is 23.1 Å². The van der Waals surface area contributed by atoms with Crippen molar-refractivity contribution in [2.24, 2.45) is 0 Å². The highest BCUT2D eigenvalue weighted by Gasteiger charge is 2.20. The van der Waals surface area contributed by atoms with Crippen molar-refractivity contribution in [3.05, 3.63) is 76.7 Å². The zero-order valence-corrected chi connectivity index (χ0v) is 20.9. The minimum atomic E-state index is 0.572. The van der Waals surface area contributed by atoms with Gasteiger partial charge in [-0.3, -0.25) is 9.55 Å². The molecule has 1 aliphatic rings. The van der Waals surface area contributed by atoms with Gasteiger partial charge in [-0.15, -0.1) is 21.5 Å². The first-order chi connectivity index (χ1) is 17.3. The predicted octanol–water partition coefficient (Wildman–Crippen LogP) is 5.54. The minimum Gasteiger partial charge on any atom is -0.383 e. The van der Waals surface area contributed by atoms with E-state index in [-0.39, 0.29) is 0 Å². The van der Waals surface area contributed by atoms with Crippen LogP contribution in [0.2, 0.25) is 0 Å². The summed E-state index contributed by atoms with van der Waals surface area (Å²) in [6.45, 7) is 0.667. The third-order valence-electron chi connectivity index (χ3n) is 6.29. The lowest BCUT2D eigenvalue weighted by Crippen LogP contribution is -2.05. The Morgan fingerprint density at radius 2 is 1.86 bits per heavy atom. The molecular formula is C26H25N7S2. The first-order valence-corrected chi connectivity index (χ1v) is 13.6. The van der Waals surface area contributed by atoms with Crippen LogP contribution in [0.4, 0.5) is 5.82 Å². The number of fused-ring (bicyclic) bond motifs is 3. The van der Waals surface area contributed by atoms with Crippen LogP contribution in [-0.2, 0) is 25.1 Å². The third-order valence-corrected chi connectivity index (χ3v) is 8.44. The van der Waals surface area contributed by atoms with Crippen molar-refractivity contribution in [2.45, 2.75) is 49.6 Å². The number of nitrogen functional groups attached to an aromatic ring is 1. The number of thioether (sulfide) groups is 1. The largest absolute Gasteiger partial charge is 0.383 e. The molecule has 1 aliphatic carbocycles. The van der Waals surface area contributed by atoms with Crippen LogP contribution in [0.3, 0.4) is 0 Å². The topological polar surface area (TPSA) is 95.4 Å². The van der Waals surface area contributed by atoms with Gasteiger partial charge in [0.1, 0.15) is 16.5 Å². The zero-order valence-electron chi connectivity index (χ0n) is 19.2. The Balaban J connectivity index is 1.31. The third kappa shape index (κ3) is 4.53. The van der Waals surface area contributed by atoms with E-state index in [0.717, 1.165) is 45.4 Å². The van der Waals surface area contributed by atoms with E-state index in [0.29, 0.717) is 18.1 Å². The van der Waals surface area contributed by atoms with Gasteiger partial charge >= 0.3 is 0 Å². The average Bonchev–Trinajstić information content (AvgIpc) is 3.36. The second-order valence-corrected chi connectivity index (χ2v) is 10.7. The lowest BCUT2D eigenvalue weighted by molar-refractivity contribution is 0.713. The molecule has 4 aromatic heterocycles. The van der Waals surface area contributed by atoms with Crippen LogP contribution in [0.25, 0.3) is 21.6 Å². The number of hydrogen-bond acceptors (Lipinski definition) is 8. The number of nitrogens with two attached hydrogens (primary N) is 1. The van der Waals surface area contributed by atoms with Gasteiger partial charge in [0.15, 0.2) is 11.0 Å². The molecule has 7 nitrogen and oxygen atoms in total. The summed E-state index contributed by atoms with van der Waals surface area (Å²) in [6.07, 6.45) is 9.52. The van der Waals surface area contributed by atoms with Gasteiger partial charge < -0.3 is 5.73 Å². The standard InChI is InChI=1S/C26H25N7S2/c27-23-22-19-11-5-2-6-12-20(19)35-25(22)30-21(29-23)16-34-26-32-31-24(18-10-7-13-28-14-18)33(26)15-17-8-3-1-4-9-17/h1,3-4,7-10,13-14H,2,5-6,11-12,15-16H2,(H2,27,29,30). The van der Waals surface area contributed by atoms with E-state index >= 15 is 0 Å². The highest BCUT2D eigenvalue weighted by Crippen LogP contribution is 2.37. The van der Waals surface area contributed by atoms with E-state index in [4.69, 9.17) is 15.7 Å². The van der Waals surface area contributed by atoms with Gasteiger partial charge in [-0.05, 0) is 48.9 Å². The molecule has 0 atom stereocenters. The Hall–Kier alpha value is -3.30. The Morgan fingerprint density at radius 1 is 0.971 bits per heavy atom. The number of thiophene rings is 1. The summed E-state index contributed by atoms with van der Waals surface area (Å²) in [4.78, 5) is 16.3. The van der Waals surface area contributed by atoms with Gasteiger partial charge in [0.25, 0.3) is 0 Å². The zero-order chi connectivity index (χ0) is 23.6. The SMILES string of the molecule is Nc1nc(CSc2nnc(-c3cccnc3)n2Cc2ccccc2)nc2sc3c(c12)CCCCC3. The van der Waals surface area contributed by atoms with Crippen LogP contribution in [0.5, 0.6) is 0 Å². The summed E-state index contributed by atoms with van der Waals surface area (Å²) in [5.41, 5.74) is 9.96. The molecule has 0 unspecified atom stereocenters. The van der Waals surface area contributed by atoms with Gasteiger partial charge in [-0.25, -0.2) is 9.97 Å². The molecule has 0 saturated carbocycles. The van der Waals surface area contributed by atoms with Gasteiger partial charge in [0, 0.05) is 22.8 Å². The lowest BCUT2D eigenvalue weighted by Gasteiger charge is -2.10. The first-order valence-electron chi connectivity index (χ1n) is 11.8. The highest BCUT2D eigenvalue weighted by molar-refractivity contribution is 7.98. The van der Waals surface area contributed by atoms with Crippen molar-refractivity contribution in [3.63, 3.8) is 0 Å². The van der Waals surface area contributed by atoms with E-state index < -0.39 is 0 Å². The van der Waals surface area contributed by atoms with Crippen LogP contribution in [-0.4, -0.2) is 29.7 Å². The molecule has 6 rings (SSSR count). The summed E-state index contributed by atoms with van der Waals surface area (Å²) < 4.78 is 2.13. The van der Waals surface area contributed by atoms with Crippen molar-refractivity contribution >= 4 is 39.1 Å². The average molecular weight is 500 g/mol. The molecule has 0 aliphatic heterocycles. The summed E-state index contributed by atoms with van der Waals surface area (Å²) in [5.74, 6) is 2.70. The highest BCUT2D eigenvalue weighted by atomic mass is 32.2. The van der Waals surface area contributed by atoms with Crippen molar-refractivity contribution < 1.29 is 0 Å². The Bertz CT molecular complexity index is 1460. The maximum Gasteiger partial charge on any atom is 0.192 e. The summed E-state index contributed by atoms with van der Waals surface area (Å²) in [7, 11) is 0. The Morgan fingerprint density at radius 3 is 2.71 bits per heavy atom. The summed E-state index contributed by atoms with van der Waals surface area (Å²) >= 11 is 3.37. The fourth-order valence-corrected chi connectivity index (χ4v) is 6.70. The van der Waals surface area contributed by atoms with Crippen molar-refractivity contribution in [1.82, 2.24) is 29.7 Å². The number of anilines is 1. The normalized spacial score (nSPS) is 13.6. The lowest BCUT2D eigenvalue weighted by atomic mass is 10.1. The molecule has 0 amide bonds. The van der Waals surface area contributed by atoms with Crippen LogP contribution in [0, 0.1) is 0 Å². The monoisotopic (exact) mass is 499 g/mol. The molecule has 0 radical (unpaired) electrons. The molecule has 0 saturated heterocycles. The van der Waals surface area contributed by atoms with Gasteiger partial charge in [0.2, 0.25) is 0 Å². The van der Waals surface area contributed by atoms with Crippen LogP contribution < -0.4 is 5.73 Å². The van der Waals surface area contributed by atoms with E-state index in [9.17, 15) is 0 Å². The number of pyridine rings is 1. The quantitative estimate of drug-likeness (QED) is 0.242. The van der Waals surface area contributed by atoms with Crippen LogP contribution in [0.15, 0.2) is 60.0 Å². The first kappa shape index (κ1) is 22.2. The number of hydrogen-bond donors (Lipinski definition) is 1. The molecule has 176 valence electrons. The number of benzene rings is 1. The molecule has 35 heavy (non-hydrogen) atoms. The smallest absolute Gasteiger partial charge is 0.192 e. The summed E-state index contributed by atoms with van der Waals surface area (Å²) in [5, 5.41) is 10.9. The minimum absolute atomic E-state index is 0.572. The molecule has 0 bridgehead atoms. The van der Waals surface area contributed by atoms with Gasteiger partial charge in [-0.1, -0.05) is 48.5 Å². The molecule has 5 aromatic rings. The fraction of sp³-hybridized carbons (Fsp3) is 0.269. The molecule has 2 N–H and O–H groups in total. The number of nitrogens with zero attached hydrogens (tertiary/aromatic N) is 6. The number of rotatable bonds is 6. The number of aryl methyl sites for hydroxylation is 2. The fourth-order valence-electron chi connectivity index (χ4n) is 4.61. The Kier molecular flexibility index (Phi) is 6.18. The molecule has 0 spiro atoms. The van der Waals surface area contributed by atoms with Crippen molar-refractivity contribution in [2.75, 3.05) is 5.73 Å². The van der Waals surface area contributed by atoms with Gasteiger partial charge in [0.05, 0.1) is 17.7 Å². The molecule has 4 heterocycles. The van der Waals surface area contributed by atoms with Crippen LogP contribution in [0.1, 0.15) is 41.1 Å². The van der Waals surface area contributed by atoms with E-state index in [1.165, 1.54) is 35.3 Å². The predicted molar refractivity (Wildman–Crippen MR) is 141 cm³/mol. The maximum absolute atomic E-state index is 6.46. The van der Waals surface area contributed by atoms with E-state index in [2.05, 4.69) is 31.9 Å². The molecule has 1 aromatic carbocycles. The Labute approximate surface area is 211 Å². The maximum atomic E-state index is 6.46. The molecule has 9 heteroatoms. The van der Waals surface area contributed by atoms with E-state index in [1.54, 1.807) is 29.3 Å². The van der Waals surface area contributed by atoms with Crippen molar-refractivity contribution in [3.8, 4) is 11.4 Å². The summed E-state index contributed by atoms with van der Waals surface area (Å²) in [6, 6.07) is 14.3. The van der Waals surface area contributed by atoms with Gasteiger partial charge in [-0.2, -0.15) is 0 Å². The number of aromatic nitrogens is 6. The van der Waals surface area contributed by atoms with E-state index in [1.807, 2.05) is 36.5 Å². The van der Waals surface area contributed by atoms with Crippen molar-refractivity contribution in [1.29, 1.82) is 0 Å². The second kappa shape index (κ2) is 9.75. The molecule has 0 fully saturated rings. The second-order valence-electron chi connectivity index (χ2n) is 8.68. The molecular weight excluding hydrogens is 474 g/mol.